The minimum Gasteiger partial charge on any atom is -0.480 e. The Bertz CT molecular complexity index is 490. The molecule has 1 aromatic carbocycles. The summed E-state index contributed by atoms with van der Waals surface area (Å²) in [7, 11) is 0. The predicted molar refractivity (Wildman–Crippen MR) is 68.0 cm³/mol. The van der Waals surface area contributed by atoms with Crippen LogP contribution in [0.15, 0.2) is 24.3 Å². The first kappa shape index (κ1) is 12.6. The molecule has 1 N–H and O–H groups in total. The van der Waals surface area contributed by atoms with Crippen molar-refractivity contribution in [1.82, 2.24) is 0 Å². The highest BCUT2D eigenvalue weighted by atomic mass is 16.4. The number of hydrogen-bond donors (Lipinski definition) is 1. The van der Waals surface area contributed by atoms with E-state index in [2.05, 4.69) is 19.1 Å². The highest BCUT2D eigenvalue weighted by molar-refractivity contribution is 5.73. The second-order valence-corrected chi connectivity index (χ2v) is 4.86. The molecule has 3 unspecified atom stereocenters. The van der Waals surface area contributed by atoms with Crippen LogP contribution in [0.25, 0.3) is 0 Å². The van der Waals surface area contributed by atoms with Gasteiger partial charge in [-0.15, -0.1) is 0 Å². The first-order valence-corrected chi connectivity index (χ1v) is 6.39. The molecule has 0 amide bonds. The minimum absolute atomic E-state index is 0.0626. The van der Waals surface area contributed by atoms with Gasteiger partial charge in [-0.25, -0.2) is 0 Å². The first-order chi connectivity index (χ1) is 8.69. The number of aryl methyl sites for hydroxylation is 1. The fraction of sp³-hybridized carbons (Fsp3) is 0.467. The van der Waals surface area contributed by atoms with Crippen LogP contribution in [0.2, 0.25) is 0 Å². The normalized spacial score (nSPS) is 23.8. The van der Waals surface area contributed by atoms with Crippen LogP contribution in [-0.4, -0.2) is 11.1 Å². The topological polar surface area (TPSA) is 61.1 Å². The molecule has 0 saturated carbocycles. The zero-order chi connectivity index (χ0) is 13.1. The summed E-state index contributed by atoms with van der Waals surface area (Å²) in [6, 6.07) is 10.2. The van der Waals surface area contributed by atoms with Gasteiger partial charge in [-0.1, -0.05) is 31.2 Å². The molecule has 0 saturated heterocycles. The first-order valence-electron chi connectivity index (χ1n) is 6.39. The van der Waals surface area contributed by atoms with Gasteiger partial charge < -0.3 is 5.11 Å². The summed E-state index contributed by atoms with van der Waals surface area (Å²) in [5.41, 5.74) is 2.54. The predicted octanol–water partition coefficient (Wildman–Crippen LogP) is 2.97. The number of nitriles is 1. The SMILES string of the molecule is CCC1c2ccccc2CCC1C(C#N)C(=O)O. The third kappa shape index (κ3) is 2.11. The summed E-state index contributed by atoms with van der Waals surface area (Å²) < 4.78 is 0. The lowest BCUT2D eigenvalue weighted by molar-refractivity contribution is -0.141. The molecule has 0 aliphatic heterocycles. The Morgan fingerprint density at radius 1 is 1.56 bits per heavy atom. The highest BCUT2D eigenvalue weighted by Gasteiger charge is 2.37. The largest absolute Gasteiger partial charge is 0.480 e. The highest BCUT2D eigenvalue weighted by Crippen LogP contribution is 2.42. The van der Waals surface area contributed by atoms with Gasteiger partial charge in [-0.05, 0) is 42.2 Å². The van der Waals surface area contributed by atoms with Gasteiger partial charge in [0.25, 0.3) is 0 Å². The molecule has 2 rings (SSSR count). The number of carbonyl (C=O) groups is 1. The van der Waals surface area contributed by atoms with Crippen LogP contribution < -0.4 is 0 Å². The molecule has 0 fully saturated rings. The molecule has 1 aromatic rings. The molecule has 18 heavy (non-hydrogen) atoms. The molecule has 3 heteroatoms. The van der Waals surface area contributed by atoms with Crippen molar-refractivity contribution in [2.75, 3.05) is 0 Å². The Balaban J connectivity index is 2.37. The van der Waals surface area contributed by atoms with Crippen molar-refractivity contribution in [2.45, 2.75) is 32.1 Å². The maximum atomic E-state index is 11.2. The van der Waals surface area contributed by atoms with Crippen molar-refractivity contribution in [1.29, 1.82) is 5.26 Å². The van der Waals surface area contributed by atoms with Crippen molar-refractivity contribution in [3.05, 3.63) is 35.4 Å². The average Bonchev–Trinajstić information content (AvgIpc) is 2.38. The Hall–Kier alpha value is -1.82. The van der Waals surface area contributed by atoms with Crippen molar-refractivity contribution < 1.29 is 9.90 Å². The van der Waals surface area contributed by atoms with Gasteiger partial charge in [-0.2, -0.15) is 5.26 Å². The monoisotopic (exact) mass is 243 g/mol. The third-order valence-electron chi connectivity index (χ3n) is 3.99. The number of hydrogen-bond acceptors (Lipinski definition) is 2. The van der Waals surface area contributed by atoms with E-state index < -0.39 is 11.9 Å². The summed E-state index contributed by atoms with van der Waals surface area (Å²) in [5.74, 6) is -1.74. The number of fused-ring (bicyclic) bond motifs is 1. The van der Waals surface area contributed by atoms with Gasteiger partial charge in [0.05, 0.1) is 6.07 Å². The molecule has 0 heterocycles. The summed E-state index contributed by atoms with van der Waals surface area (Å²) >= 11 is 0. The maximum Gasteiger partial charge on any atom is 0.321 e. The van der Waals surface area contributed by atoms with Crippen LogP contribution >= 0.6 is 0 Å². The summed E-state index contributed by atoms with van der Waals surface area (Å²) in [6.45, 7) is 2.07. The second kappa shape index (κ2) is 5.22. The molecular formula is C15H17NO2. The van der Waals surface area contributed by atoms with Crippen molar-refractivity contribution in [3.63, 3.8) is 0 Å². The molecular weight excluding hydrogens is 226 g/mol. The van der Waals surface area contributed by atoms with Crippen LogP contribution in [0.4, 0.5) is 0 Å². The molecule has 1 aliphatic rings. The average molecular weight is 243 g/mol. The Morgan fingerprint density at radius 3 is 2.89 bits per heavy atom. The smallest absolute Gasteiger partial charge is 0.321 e. The van der Waals surface area contributed by atoms with Crippen LogP contribution in [0.3, 0.4) is 0 Å². The Labute approximate surface area is 107 Å². The molecule has 3 nitrogen and oxygen atoms in total. The molecule has 1 aliphatic carbocycles. The third-order valence-corrected chi connectivity index (χ3v) is 3.99. The Kier molecular flexibility index (Phi) is 3.66. The second-order valence-electron chi connectivity index (χ2n) is 4.86. The van der Waals surface area contributed by atoms with Crippen LogP contribution in [0, 0.1) is 23.2 Å². The van der Waals surface area contributed by atoms with Crippen molar-refractivity contribution in [2.24, 2.45) is 11.8 Å². The molecule has 0 aromatic heterocycles. The van der Waals surface area contributed by atoms with E-state index in [1.807, 2.05) is 18.2 Å². The van der Waals surface area contributed by atoms with Gasteiger partial charge in [0.1, 0.15) is 5.92 Å². The fourth-order valence-corrected chi connectivity index (χ4v) is 3.13. The van der Waals surface area contributed by atoms with Gasteiger partial charge in [-0.3, -0.25) is 4.79 Å². The van der Waals surface area contributed by atoms with E-state index in [0.717, 1.165) is 19.3 Å². The summed E-state index contributed by atoms with van der Waals surface area (Å²) in [4.78, 5) is 11.2. The number of benzene rings is 1. The number of nitrogens with zero attached hydrogens (tertiary/aromatic N) is 1. The van der Waals surface area contributed by atoms with Crippen LogP contribution in [0.5, 0.6) is 0 Å². The molecule has 0 bridgehead atoms. The molecule has 94 valence electrons. The standard InChI is InChI=1S/C15H17NO2/c1-2-11-12-6-4-3-5-10(12)7-8-13(11)14(9-16)15(17)18/h3-6,11,13-14H,2,7-8H2,1H3,(H,17,18). The van der Waals surface area contributed by atoms with Gasteiger partial charge in [0.15, 0.2) is 0 Å². The number of aliphatic carboxylic acids is 1. The van der Waals surface area contributed by atoms with Gasteiger partial charge in [0.2, 0.25) is 0 Å². The lowest BCUT2D eigenvalue weighted by Crippen LogP contribution is -2.31. The Morgan fingerprint density at radius 2 is 2.28 bits per heavy atom. The lowest BCUT2D eigenvalue weighted by Gasteiger charge is -2.34. The van der Waals surface area contributed by atoms with Crippen molar-refractivity contribution >= 4 is 5.97 Å². The zero-order valence-electron chi connectivity index (χ0n) is 10.5. The number of rotatable bonds is 3. The summed E-state index contributed by atoms with van der Waals surface area (Å²) in [6.07, 6.45) is 2.55. The van der Waals surface area contributed by atoms with E-state index in [4.69, 9.17) is 10.4 Å². The lowest BCUT2D eigenvalue weighted by atomic mass is 9.69. The van der Waals surface area contributed by atoms with Crippen molar-refractivity contribution in [3.8, 4) is 6.07 Å². The number of carboxylic acids is 1. The van der Waals surface area contributed by atoms with E-state index in [1.54, 1.807) is 0 Å². The van der Waals surface area contributed by atoms with Crippen LogP contribution in [-0.2, 0) is 11.2 Å². The number of carboxylic acid groups (broad SMARTS) is 1. The van der Waals surface area contributed by atoms with E-state index >= 15 is 0 Å². The zero-order valence-corrected chi connectivity index (χ0v) is 10.5. The van der Waals surface area contributed by atoms with Gasteiger partial charge in [0, 0.05) is 0 Å². The van der Waals surface area contributed by atoms with Gasteiger partial charge >= 0.3 is 5.97 Å². The molecule has 0 spiro atoms. The van der Waals surface area contributed by atoms with Crippen LogP contribution in [0.1, 0.15) is 36.8 Å². The van der Waals surface area contributed by atoms with E-state index in [-0.39, 0.29) is 11.8 Å². The summed E-state index contributed by atoms with van der Waals surface area (Å²) in [5, 5.41) is 18.2. The quantitative estimate of drug-likeness (QED) is 0.887. The maximum absolute atomic E-state index is 11.2. The molecule has 0 radical (unpaired) electrons. The van der Waals surface area contributed by atoms with E-state index in [0.29, 0.717) is 0 Å². The molecule has 3 atom stereocenters. The fourth-order valence-electron chi connectivity index (χ4n) is 3.13. The van der Waals surface area contributed by atoms with E-state index in [9.17, 15) is 4.79 Å². The minimum atomic E-state index is -0.986. The van der Waals surface area contributed by atoms with E-state index in [1.165, 1.54) is 11.1 Å².